The average Bonchev–Trinajstić information content (AvgIpc) is 3.57. The van der Waals surface area contributed by atoms with Crippen LogP contribution in [0.5, 0.6) is 0 Å². The fourth-order valence-corrected chi connectivity index (χ4v) is 6.16. The number of benzene rings is 1. The van der Waals surface area contributed by atoms with Crippen LogP contribution in [0.1, 0.15) is 25.5 Å². The van der Waals surface area contributed by atoms with Gasteiger partial charge in [0.05, 0.1) is 13.1 Å². The SMILES string of the molecule is CC(=O)OCC1=C(C(=O)O)N2C(=O)C(NC(=O)C(NC(=O)N3CCN(N=C4C=CC(C)O4)C3=O)c3ccccc3)[C@@H]2SC1. The van der Waals surface area contributed by atoms with Gasteiger partial charge in [-0.15, -0.1) is 16.9 Å². The van der Waals surface area contributed by atoms with Gasteiger partial charge < -0.3 is 25.2 Å². The predicted octanol–water partition coefficient (Wildman–Crippen LogP) is 0.765. The molecule has 15 nitrogen and oxygen atoms in total. The molecular weight excluding hydrogens is 584 g/mol. The van der Waals surface area contributed by atoms with Crippen LogP contribution < -0.4 is 10.6 Å². The Morgan fingerprint density at radius 2 is 1.93 bits per heavy atom. The van der Waals surface area contributed by atoms with E-state index in [9.17, 15) is 33.9 Å². The molecule has 3 N–H and O–H groups in total. The van der Waals surface area contributed by atoms with E-state index in [0.29, 0.717) is 5.56 Å². The van der Waals surface area contributed by atoms with Crippen molar-refractivity contribution in [3.8, 4) is 0 Å². The third-order valence-electron chi connectivity index (χ3n) is 6.93. The lowest BCUT2D eigenvalue weighted by Crippen LogP contribution is -2.71. The number of fused-ring (bicyclic) bond motifs is 1. The lowest BCUT2D eigenvalue weighted by molar-refractivity contribution is -0.151. The number of carboxylic acid groups (broad SMARTS) is 1. The van der Waals surface area contributed by atoms with Gasteiger partial charge in [-0.3, -0.25) is 19.3 Å². The smallest absolute Gasteiger partial charge is 0.352 e. The number of hydrogen-bond donors (Lipinski definition) is 3. The summed E-state index contributed by atoms with van der Waals surface area (Å²) in [6.07, 6.45) is 3.21. The minimum absolute atomic E-state index is 0.0125. The van der Waals surface area contributed by atoms with Crippen LogP contribution in [0.2, 0.25) is 0 Å². The van der Waals surface area contributed by atoms with Crippen LogP contribution in [0, 0.1) is 0 Å². The number of esters is 1. The molecule has 0 bridgehead atoms. The molecule has 1 aromatic rings. The Balaban J connectivity index is 1.28. The second-order valence-electron chi connectivity index (χ2n) is 9.90. The zero-order valence-corrected chi connectivity index (χ0v) is 23.9. The Hall–Kier alpha value is -4.86. The molecule has 2 fully saturated rings. The van der Waals surface area contributed by atoms with E-state index in [-0.39, 0.29) is 48.7 Å². The Kier molecular flexibility index (Phi) is 8.38. The first-order valence-electron chi connectivity index (χ1n) is 13.3. The van der Waals surface area contributed by atoms with Crippen molar-refractivity contribution in [1.82, 2.24) is 25.4 Å². The predicted molar refractivity (Wildman–Crippen MR) is 150 cm³/mol. The minimum atomic E-state index is -1.36. The maximum atomic E-state index is 13.5. The molecule has 4 aliphatic rings. The number of imide groups is 1. The number of ether oxygens (including phenoxy) is 2. The summed E-state index contributed by atoms with van der Waals surface area (Å²) in [5, 5.41) is 19.5. The summed E-state index contributed by atoms with van der Waals surface area (Å²) in [6, 6.07) is 4.37. The first kappa shape index (κ1) is 29.6. The molecule has 5 rings (SSSR count). The Morgan fingerprint density at radius 3 is 2.58 bits per heavy atom. The van der Waals surface area contributed by atoms with Crippen LogP contribution in [0.3, 0.4) is 0 Å². The van der Waals surface area contributed by atoms with Crippen LogP contribution in [0.25, 0.3) is 0 Å². The summed E-state index contributed by atoms with van der Waals surface area (Å²) < 4.78 is 10.4. The van der Waals surface area contributed by atoms with E-state index in [4.69, 9.17) is 9.47 Å². The minimum Gasteiger partial charge on any atom is -0.477 e. The summed E-state index contributed by atoms with van der Waals surface area (Å²) >= 11 is 1.21. The van der Waals surface area contributed by atoms with Crippen LogP contribution in [-0.4, -0.2) is 105 Å². The van der Waals surface area contributed by atoms with E-state index in [0.717, 1.165) is 14.8 Å². The van der Waals surface area contributed by atoms with Gasteiger partial charge in [0.2, 0.25) is 11.8 Å². The topological polar surface area (TPSA) is 187 Å². The van der Waals surface area contributed by atoms with Gasteiger partial charge in [-0.25, -0.2) is 24.3 Å². The largest absolute Gasteiger partial charge is 0.477 e. The van der Waals surface area contributed by atoms with Crippen LogP contribution in [0.15, 0.2) is 58.9 Å². The maximum absolute atomic E-state index is 13.5. The number of hydrazone groups is 1. The fourth-order valence-electron chi connectivity index (χ4n) is 4.84. The van der Waals surface area contributed by atoms with E-state index < -0.39 is 53.3 Å². The molecule has 43 heavy (non-hydrogen) atoms. The van der Waals surface area contributed by atoms with Crippen molar-refractivity contribution >= 4 is 53.5 Å². The molecule has 6 amide bonds. The number of nitrogens with one attached hydrogen (secondary N) is 2. The van der Waals surface area contributed by atoms with Crippen LogP contribution in [-0.2, 0) is 28.7 Å². The van der Waals surface area contributed by atoms with Gasteiger partial charge in [0, 0.05) is 24.3 Å². The number of β-lactam (4-membered cyclic amide) rings is 1. The Bertz CT molecular complexity index is 1460. The van der Waals surface area contributed by atoms with Crippen molar-refractivity contribution in [2.45, 2.75) is 37.4 Å². The van der Waals surface area contributed by atoms with Crippen molar-refractivity contribution in [3.05, 3.63) is 59.3 Å². The van der Waals surface area contributed by atoms with E-state index in [1.807, 2.05) is 6.92 Å². The molecule has 2 saturated heterocycles. The number of carbonyl (C=O) groups excluding carboxylic acids is 5. The molecule has 16 heteroatoms. The van der Waals surface area contributed by atoms with E-state index in [1.165, 1.54) is 18.7 Å². The number of hydrogen-bond acceptors (Lipinski definition) is 10. The number of rotatable bonds is 8. The highest BCUT2D eigenvalue weighted by Gasteiger charge is 2.54. The summed E-state index contributed by atoms with van der Waals surface area (Å²) in [6.45, 7) is 2.86. The number of carbonyl (C=O) groups is 6. The van der Waals surface area contributed by atoms with Gasteiger partial charge in [0.1, 0.15) is 35.9 Å². The number of thioether (sulfide) groups is 1. The van der Waals surface area contributed by atoms with Gasteiger partial charge in [-0.05, 0) is 18.6 Å². The van der Waals surface area contributed by atoms with Gasteiger partial charge in [-0.2, -0.15) is 0 Å². The molecule has 0 aromatic heterocycles. The van der Waals surface area contributed by atoms with Gasteiger partial charge in [0.25, 0.3) is 5.91 Å². The summed E-state index contributed by atoms with van der Waals surface area (Å²) in [5.74, 6) is -2.95. The third-order valence-corrected chi connectivity index (χ3v) is 8.27. The highest BCUT2D eigenvalue weighted by Crippen LogP contribution is 2.40. The highest BCUT2D eigenvalue weighted by molar-refractivity contribution is 8.00. The Labute approximate surface area is 249 Å². The van der Waals surface area contributed by atoms with E-state index in [1.54, 1.807) is 42.5 Å². The van der Waals surface area contributed by atoms with Gasteiger partial charge in [-0.1, -0.05) is 30.3 Å². The van der Waals surface area contributed by atoms with Crippen LogP contribution >= 0.6 is 11.8 Å². The lowest BCUT2D eigenvalue weighted by atomic mass is 10.0. The molecule has 226 valence electrons. The molecule has 4 aliphatic heterocycles. The summed E-state index contributed by atoms with van der Waals surface area (Å²) in [7, 11) is 0. The molecule has 0 saturated carbocycles. The van der Waals surface area contributed by atoms with Crippen molar-refractivity contribution in [1.29, 1.82) is 0 Å². The number of amides is 6. The standard InChI is InChI=1S/C27H28N6O9S/c1-14-8-9-18(42-14)30-32-11-10-31(27(32)40)26(39)29-19(16-6-4-3-5-7-16)22(35)28-20-23(36)33-21(25(37)38)17(12-41-15(2)34)13-43-24(20)33/h3-9,14,19-20,24H,10-13H2,1-2H3,(H,28,35)(H,29,39)(H,37,38)/t14?,19?,20?,24-/m0/s1. The van der Waals surface area contributed by atoms with E-state index >= 15 is 0 Å². The molecule has 1 aromatic carbocycles. The highest BCUT2D eigenvalue weighted by atomic mass is 32.2. The quantitative estimate of drug-likeness (QED) is 0.279. The number of nitrogens with zero attached hydrogens (tertiary/aromatic N) is 4. The van der Waals surface area contributed by atoms with Crippen LogP contribution in [0.4, 0.5) is 9.59 Å². The molecule has 0 spiro atoms. The summed E-state index contributed by atoms with van der Waals surface area (Å²) in [5.41, 5.74) is 0.364. The second kappa shape index (κ2) is 12.2. The molecule has 4 heterocycles. The average molecular weight is 613 g/mol. The first-order chi connectivity index (χ1) is 20.5. The Morgan fingerprint density at radius 1 is 1.19 bits per heavy atom. The van der Waals surface area contributed by atoms with Crippen molar-refractivity contribution < 1.29 is 43.3 Å². The third kappa shape index (κ3) is 6.04. The monoisotopic (exact) mass is 612 g/mol. The van der Waals surface area contributed by atoms with Gasteiger partial charge in [0.15, 0.2) is 0 Å². The lowest BCUT2D eigenvalue weighted by Gasteiger charge is -2.49. The number of urea groups is 2. The molecule has 3 unspecified atom stereocenters. The molecule has 0 aliphatic carbocycles. The second-order valence-corrected chi connectivity index (χ2v) is 11.0. The fraction of sp³-hybridized carbons (Fsp3) is 0.370. The van der Waals surface area contributed by atoms with Crippen molar-refractivity contribution in [2.75, 3.05) is 25.4 Å². The number of aliphatic carboxylic acids is 1. The zero-order chi connectivity index (χ0) is 30.8. The normalized spacial score (nSPS) is 24.4. The maximum Gasteiger partial charge on any atom is 0.352 e. The zero-order valence-electron chi connectivity index (χ0n) is 23.1. The molecular formula is C27H28N6O9S. The molecule has 0 radical (unpaired) electrons. The van der Waals surface area contributed by atoms with E-state index in [2.05, 4.69) is 15.7 Å². The molecule has 4 atom stereocenters. The first-order valence-corrected chi connectivity index (χ1v) is 14.3. The van der Waals surface area contributed by atoms with Crippen molar-refractivity contribution in [2.24, 2.45) is 5.10 Å². The van der Waals surface area contributed by atoms with Gasteiger partial charge >= 0.3 is 24.0 Å². The number of carboxylic acids is 1. The summed E-state index contributed by atoms with van der Waals surface area (Å²) in [4.78, 5) is 77.9. The van der Waals surface area contributed by atoms with Crippen molar-refractivity contribution in [3.63, 3.8) is 0 Å².